The highest BCUT2D eigenvalue weighted by atomic mass is 19.2. The molecular weight excluding hydrogens is 250 g/mol. The Bertz CT molecular complexity index is 477. The highest BCUT2D eigenvalue weighted by molar-refractivity contribution is 5.82. The molecule has 1 saturated heterocycles. The first-order valence-corrected chi connectivity index (χ1v) is 6.38. The van der Waals surface area contributed by atoms with Gasteiger partial charge in [0.05, 0.1) is 6.04 Å². The first kappa shape index (κ1) is 13.9. The average Bonchev–Trinajstić information content (AvgIpc) is 2.36. The van der Waals surface area contributed by atoms with E-state index in [1.807, 2.05) is 19.0 Å². The molecule has 5 heteroatoms. The van der Waals surface area contributed by atoms with Gasteiger partial charge < -0.3 is 4.90 Å². The summed E-state index contributed by atoms with van der Waals surface area (Å²) in [6, 6.07) is 3.66. The molecule has 1 aliphatic rings. The van der Waals surface area contributed by atoms with E-state index in [0.29, 0.717) is 18.7 Å². The van der Waals surface area contributed by atoms with Gasteiger partial charge in [-0.25, -0.2) is 8.78 Å². The van der Waals surface area contributed by atoms with Gasteiger partial charge in [0.15, 0.2) is 11.6 Å². The van der Waals surface area contributed by atoms with Crippen LogP contribution in [0.15, 0.2) is 18.2 Å². The molecule has 0 saturated carbocycles. The summed E-state index contributed by atoms with van der Waals surface area (Å²) >= 11 is 0. The molecule has 1 amide bonds. The summed E-state index contributed by atoms with van der Waals surface area (Å²) in [4.78, 5) is 15.9. The van der Waals surface area contributed by atoms with E-state index in [4.69, 9.17) is 0 Å². The molecule has 1 aliphatic heterocycles. The van der Waals surface area contributed by atoms with Gasteiger partial charge in [-0.1, -0.05) is 6.07 Å². The molecule has 0 spiro atoms. The predicted molar refractivity (Wildman–Crippen MR) is 68.5 cm³/mol. The summed E-state index contributed by atoms with van der Waals surface area (Å²) in [7, 11) is 3.76. The van der Waals surface area contributed by atoms with E-state index >= 15 is 0 Å². The van der Waals surface area contributed by atoms with E-state index in [0.717, 1.165) is 25.0 Å². The number of amides is 1. The van der Waals surface area contributed by atoms with Crippen LogP contribution in [0.3, 0.4) is 0 Å². The van der Waals surface area contributed by atoms with E-state index in [9.17, 15) is 13.6 Å². The molecule has 1 aromatic rings. The molecule has 1 fully saturated rings. The summed E-state index contributed by atoms with van der Waals surface area (Å²) < 4.78 is 26.0. The fourth-order valence-electron chi connectivity index (χ4n) is 2.41. The van der Waals surface area contributed by atoms with Gasteiger partial charge in [0.25, 0.3) is 0 Å². The maximum atomic E-state index is 13.1. The van der Waals surface area contributed by atoms with E-state index in [1.165, 1.54) is 6.07 Å². The summed E-state index contributed by atoms with van der Waals surface area (Å²) in [5.41, 5.74) is 0.617. The molecule has 19 heavy (non-hydrogen) atoms. The number of hydrogen-bond acceptors (Lipinski definition) is 2. The third kappa shape index (κ3) is 3.10. The van der Waals surface area contributed by atoms with Gasteiger partial charge in [-0.2, -0.15) is 0 Å². The van der Waals surface area contributed by atoms with E-state index in [-0.39, 0.29) is 11.9 Å². The van der Waals surface area contributed by atoms with Crippen LogP contribution in [0.4, 0.5) is 8.78 Å². The Kier molecular flexibility index (Phi) is 4.14. The summed E-state index contributed by atoms with van der Waals surface area (Å²) in [6.07, 6.45) is 1.78. The van der Waals surface area contributed by atoms with Gasteiger partial charge >= 0.3 is 0 Å². The number of nitrogens with zero attached hydrogens (tertiary/aromatic N) is 2. The second-order valence-corrected chi connectivity index (χ2v) is 5.13. The Morgan fingerprint density at radius 2 is 2.05 bits per heavy atom. The maximum absolute atomic E-state index is 13.1. The van der Waals surface area contributed by atoms with Crippen LogP contribution in [0, 0.1) is 11.6 Å². The molecular formula is C14H18F2N2O. The summed E-state index contributed by atoms with van der Waals surface area (Å²) in [6.45, 7) is 1.00. The Morgan fingerprint density at radius 1 is 1.32 bits per heavy atom. The predicted octanol–water partition coefficient (Wildman–Crippen LogP) is 2.02. The zero-order chi connectivity index (χ0) is 14.0. The minimum Gasteiger partial charge on any atom is -0.337 e. The molecule has 1 unspecified atom stereocenters. The first-order valence-electron chi connectivity index (χ1n) is 6.38. The Hall–Kier alpha value is -1.49. The lowest BCUT2D eigenvalue weighted by Crippen LogP contribution is -2.49. The molecule has 0 N–H and O–H groups in total. The Morgan fingerprint density at radius 3 is 2.68 bits per heavy atom. The molecule has 1 aromatic carbocycles. The number of benzene rings is 1. The van der Waals surface area contributed by atoms with Crippen molar-refractivity contribution in [3.8, 4) is 0 Å². The van der Waals surface area contributed by atoms with Crippen molar-refractivity contribution < 1.29 is 13.6 Å². The van der Waals surface area contributed by atoms with Crippen molar-refractivity contribution in [1.29, 1.82) is 0 Å². The van der Waals surface area contributed by atoms with E-state index in [2.05, 4.69) is 0 Å². The molecule has 0 radical (unpaired) electrons. The van der Waals surface area contributed by atoms with Gasteiger partial charge in [-0.15, -0.1) is 0 Å². The average molecular weight is 268 g/mol. The third-order valence-corrected chi connectivity index (χ3v) is 3.48. The van der Waals surface area contributed by atoms with Crippen LogP contribution in [-0.4, -0.2) is 42.4 Å². The van der Waals surface area contributed by atoms with E-state index in [1.54, 1.807) is 4.90 Å². The summed E-state index contributed by atoms with van der Waals surface area (Å²) in [5.74, 6) is -1.67. The standard InChI is InChI=1S/C14H18F2N2O/c1-17(2)13-4-3-7-18(14(13)19)9-10-5-6-11(15)12(16)8-10/h5-6,8,13H,3-4,7,9H2,1-2H3. The molecule has 0 bridgehead atoms. The van der Waals surface area contributed by atoms with Crippen molar-refractivity contribution >= 4 is 5.91 Å². The number of likely N-dealkylation sites (tertiary alicyclic amines) is 1. The van der Waals surface area contributed by atoms with Gasteiger partial charge in [0.2, 0.25) is 5.91 Å². The number of carbonyl (C=O) groups is 1. The molecule has 1 heterocycles. The Labute approximate surface area is 111 Å². The second-order valence-electron chi connectivity index (χ2n) is 5.13. The zero-order valence-electron chi connectivity index (χ0n) is 11.2. The van der Waals surface area contributed by atoms with Crippen molar-refractivity contribution in [2.24, 2.45) is 0 Å². The SMILES string of the molecule is CN(C)C1CCCN(Cc2ccc(F)c(F)c2)C1=O. The molecule has 2 rings (SSSR count). The van der Waals surface area contributed by atoms with Crippen LogP contribution in [0.2, 0.25) is 0 Å². The van der Waals surface area contributed by atoms with Gasteiger partial charge in [0.1, 0.15) is 0 Å². The molecule has 104 valence electrons. The molecule has 1 atom stereocenters. The minimum atomic E-state index is -0.869. The minimum absolute atomic E-state index is 0.0565. The van der Waals surface area contributed by atoms with Crippen LogP contribution < -0.4 is 0 Å². The van der Waals surface area contributed by atoms with Crippen LogP contribution in [0.25, 0.3) is 0 Å². The van der Waals surface area contributed by atoms with Crippen molar-refractivity contribution in [3.63, 3.8) is 0 Å². The zero-order valence-corrected chi connectivity index (χ0v) is 11.2. The lowest BCUT2D eigenvalue weighted by Gasteiger charge is -2.35. The smallest absolute Gasteiger partial charge is 0.240 e. The summed E-state index contributed by atoms with van der Waals surface area (Å²) in [5, 5.41) is 0. The van der Waals surface area contributed by atoms with Crippen LogP contribution >= 0.6 is 0 Å². The lowest BCUT2D eigenvalue weighted by molar-refractivity contribution is -0.139. The van der Waals surface area contributed by atoms with Crippen molar-refractivity contribution in [3.05, 3.63) is 35.4 Å². The lowest BCUT2D eigenvalue weighted by atomic mass is 10.0. The fourth-order valence-corrected chi connectivity index (χ4v) is 2.41. The van der Waals surface area contributed by atoms with Crippen LogP contribution in [0.1, 0.15) is 18.4 Å². The number of hydrogen-bond donors (Lipinski definition) is 0. The molecule has 3 nitrogen and oxygen atoms in total. The number of halogens is 2. The normalized spacial score (nSPS) is 20.2. The Balaban J connectivity index is 2.09. The largest absolute Gasteiger partial charge is 0.337 e. The second kappa shape index (κ2) is 5.65. The topological polar surface area (TPSA) is 23.6 Å². The van der Waals surface area contributed by atoms with Crippen molar-refractivity contribution in [1.82, 2.24) is 9.80 Å². The monoisotopic (exact) mass is 268 g/mol. The highest BCUT2D eigenvalue weighted by Gasteiger charge is 2.30. The van der Waals surface area contributed by atoms with Crippen molar-refractivity contribution in [2.45, 2.75) is 25.4 Å². The third-order valence-electron chi connectivity index (χ3n) is 3.48. The van der Waals surface area contributed by atoms with Gasteiger partial charge in [-0.05, 0) is 44.6 Å². The first-order chi connectivity index (χ1) is 8.99. The molecule has 0 aromatic heterocycles. The maximum Gasteiger partial charge on any atom is 0.240 e. The molecule has 0 aliphatic carbocycles. The number of carbonyl (C=O) groups excluding carboxylic acids is 1. The van der Waals surface area contributed by atoms with Crippen LogP contribution in [-0.2, 0) is 11.3 Å². The van der Waals surface area contributed by atoms with E-state index < -0.39 is 11.6 Å². The van der Waals surface area contributed by atoms with Gasteiger partial charge in [0, 0.05) is 13.1 Å². The fraction of sp³-hybridized carbons (Fsp3) is 0.500. The number of rotatable bonds is 3. The van der Waals surface area contributed by atoms with Crippen molar-refractivity contribution in [2.75, 3.05) is 20.6 Å². The van der Waals surface area contributed by atoms with Crippen LogP contribution in [0.5, 0.6) is 0 Å². The van der Waals surface area contributed by atoms with Gasteiger partial charge in [-0.3, -0.25) is 9.69 Å². The number of piperidine rings is 1. The highest BCUT2D eigenvalue weighted by Crippen LogP contribution is 2.18. The number of likely N-dealkylation sites (N-methyl/N-ethyl adjacent to an activating group) is 1. The quantitative estimate of drug-likeness (QED) is 0.837.